The summed E-state index contributed by atoms with van der Waals surface area (Å²) >= 11 is 5.21. The highest BCUT2D eigenvalue weighted by atomic mass is 79.9. The van der Waals surface area contributed by atoms with E-state index in [1.54, 1.807) is 17.5 Å². The van der Waals surface area contributed by atoms with E-state index in [9.17, 15) is 0 Å². The van der Waals surface area contributed by atoms with Crippen LogP contribution in [0.3, 0.4) is 0 Å². The zero-order chi connectivity index (χ0) is 11.5. The van der Waals surface area contributed by atoms with Gasteiger partial charge in [-0.2, -0.15) is 0 Å². The van der Waals surface area contributed by atoms with Crippen molar-refractivity contribution < 1.29 is 0 Å². The van der Waals surface area contributed by atoms with Crippen LogP contribution in [0.15, 0.2) is 34.6 Å². The standard InChI is InChI=1S/C11H14BrN3S/c1-2-8(13)11(15-6-5-14-7-15)9-3-4-10(12)16-9/h3-8,11H,2,13H2,1H3. The Hall–Kier alpha value is -0.650. The third-order valence-electron chi connectivity index (χ3n) is 2.61. The second kappa shape index (κ2) is 5.12. The molecule has 16 heavy (non-hydrogen) atoms. The molecule has 5 heteroatoms. The summed E-state index contributed by atoms with van der Waals surface area (Å²) in [5.41, 5.74) is 6.19. The molecule has 0 aliphatic rings. The average Bonchev–Trinajstić information content (AvgIpc) is 2.91. The highest BCUT2D eigenvalue weighted by Crippen LogP contribution is 2.31. The molecule has 0 fully saturated rings. The molecule has 2 aromatic rings. The van der Waals surface area contributed by atoms with Crippen molar-refractivity contribution in [3.63, 3.8) is 0 Å². The van der Waals surface area contributed by atoms with Gasteiger partial charge in [-0.3, -0.25) is 0 Å². The van der Waals surface area contributed by atoms with E-state index in [0.717, 1.165) is 10.2 Å². The first-order valence-electron chi connectivity index (χ1n) is 5.20. The molecule has 0 saturated carbocycles. The van der Waals surface area contributed by atoms with Crippen LogP contribution in [0.25, 0.3) is 0 Å². The van der Waals surface area contributed by atoms with Crippen LogP contribution >= 0.6 is 27.3 Å². The zero-order valence-electron chi connectivity index (χ0n) is 9.01. The Labute approximate surface area is 107 Å². The van der Waals surface area contributed by atoms with Gasteiger partial charge in [-0.05, 0) is 34.5 Å². The molecule has 2 N–H and O–H groups in total. The fourth-order valence-corrected chi connectivity index (χ4v) is 3.33. The molecule has 2 unspecified atom stereocenters. The molecule has 0 amide bonds. The van der Waals surface area contributed by atoms with E-state index in [2.05, 4.69) is 44.5 Å². The third kappa shape index (κ3) is 2.36. The highest BCUT2D eigenvalue weighted by Gasteiger charge is 2.21. The fourth-order valence-electron chi connectivity index (χ4n) is 1.72. The van der Waals surface area contributed by atoms with E-state index < -0.39 is 0 Å². The number of nitrogens with zero attached hydrogens (tertiary/aromatic N) is 2. The van der Waals surface area contributed by atoms with Gasteiger partial charge in [0.05, 0.1) is 16.2 Å². The first-order valence-corrected chi connectivity index (χ1v) is 6.81. The monoisotopic (exact) mass is 299 g/mol. The maximum Gasteiger partial charge on any atom is 0.0952 e. The van der Waals surface area contributed by atoms with Crippen LogP contribution in [0.2, 0.25) is 0 Å². The van der Waals surface area contributed by atoms with E-state index in [-0.39, 0.29) is 12.1 Å². The summed E-state index contributed by atoms with van der Waals surface area (Å²) < 4.78 is 3.21. The summed E-state index contributed by atoms with van der Waals surface area (Å²) in [5.74, 6) is 0. The quantitative estimate of drug-likeness (QED) is 0.943. The third-order valence-corrected chi connectivity index (χ3v) is 4.30. The van der Waals surface area contributed by atoms with E-state index >= 15 is 0 Å². The predicted octanol–water partition coefficient (Wildman–Crippen LogP) is 3.03. The minimum atomic E-state index is 0.111. The van der Waals surface area contributed by atoms with Crippen LogP contribution in [0.1, 0.15) is 24.3 Å². The molecule has 0 saturated heterocycles. The van der Waals surface area contributed by atoms with Gasteiger partial charge in [0.15, 0.2) is 0 Å². The Kier molecular flexibility index (Phi) is 3.78. The van der Waals surface area contributed by atoms with E-state index in [4.69, 9.17) is 5.73 Å². The van der Waals surface area contributed by atoms with Crippen molar-refractivity contribution >= 4 is 27.3 Å². The van der Waals surface area contributed by atoms with E-state index in [0.29, 0.717) is 0 Å². The lowest BCUT2D eigenvalue weighted by atomic mass is 10.1. The van der Waals surface area contributed by atoms with Crippen molar-refractivity contribution in [2.24, 2.45) is 5.73 Å². The number of rotatable bonds is 4. The summed E-state index contributed by atoms with van der Waals surface area (Å²) in [6.45, 7) is 2.11. The van der Waals surface area contributed by atoms with Gasteiger partial charge in [-0.15, -0.1) is 11.3 Å². The van der Waals surface area contributed by atoms with Gasteiger partial charge in [-0.25, -0.2) is 4.98 Å². The smallest absolute Gasteiger partial charge is 0.0952 e. The van der Waals surface area contributed by atoms with Crippen LogP contribution < -0.4 is 5.73 Å². The van der Waals surface area contributed by atoms with Crippen molar-refractivity contribution in [3.05, 3.63) is 39.5 Å². The normalized spacial score (nSPS) is 14.9. The number of hydrogen-bond donors (Lipinski definition) is 1. The first-order chi connectivity index (χ1) is 7.72. The zero-order valence-corrected chi connectivity index (χ0v) is 11.4. The molecule has 0 bridgehead atoms. The molecule has 2 atom stereocenters. The molecular formula is C11H14BrN3S. The second-order valence-corrected chi connectivity index (χ2v) is 6.16. The fraction of sp³-hybridized carbons (Fsp3) is 0.364. The van der Waals surface area contributed by atoms with Gasteiger partial charge in [0.1, 0.15) is 0 Å². The summed E-state index contributed by atoms with van der Waals surface area (Å²) in [5, 5.41) is 0. The summed E-state index contributed by atoms with van der Waals surface area (Å²) in [6, 6.07) is 4.48. The van der Waals surface area contributed by atoms with Gasteiger partial charge in [0.25, 0.3) is 0 Å². The lowest BCUT2D eigenvalue weighted by Gasteiger charge is -2.23. The molecule has 0 aliphatic heterocycles. The van der Waals surface area contributed by atoms with Gasteiger partial charge in [0.2, 0.25) is 0 Å². The lowest BCUT2D eigenvalue weighted by Crippen LogP contribution is -2.31. The van der Waals surface area contributed by atoms with Crippen molar-refractivity contribution in [1.82, 2.24) is 9.55 Å². The Morgan fingerprint density at radius 3 is 2.88 bits per heavy atom. The van der Waals surface area contributed by atoms with Gasteiger partial charge in [0, 0.05) is 23.3 Å². The van der Waals surface area contributed by atoms with Crippen LogP contribution in [0.5, 0.6) is 0 Å². The largest absolute Gasteiger partial charge is 0.328 e. The van der Waals surface area contributed by atoms with Crippen molar-refractivity contribution in [2.45, 2.75) is 25.4 Å². The minimum absolute atomic E-state index is 0.111. The number of nitrogens with two attached hydrogens (primary N) is 1. The van der Waals surface area contributed by atoms with E-state index in [1.807, 2.05) is 12.5 Å². The summed E-state index contributed by atoms with van der Waals surface area (Å²) in [7, 11) is 0. The molecule has 3 nitrogen and oxygen atoms in total. The highest BCUT2D eigenvalue weighted by molar-refractivity contribution is 9.11. The van der Waals surface area contributed by atoms with Gasteiger partial charge >= 0.3 is 0 Å². The van der Waals surface area contributed by atoms with Gasteiger partial charge in [-0.1, -0.05) is 6.92 Å². The van der Waals surface area contributed by atoms with Crippen LogP contribution in [0.4, 0.5) is 0 Å². The molecule has 0 aliphatic carbocycles. The number of aromatic nitrogens is 2. The lowest BCUT2D eigenvalue weighted by molar-refractivity contribution is 0.464. The number of halogens is 1. The summed E-state index contributed by atoms with van der Waals surface area (Å²) in [4.78, 5) is 5.36. The van der Waals surface area contributed by atoms with Crippen molar-refractivity contribution in [3.8, 4) is 0 Å². The molecule has 2 rings (SSSR count). The Morgan fingerprint density at radius 1 is 1.56 bits per heavy atom. The molecule has 0 radical (unpaired) electrons. The Balaban J connectivity index is 2.35. The van der Waals surface area contributed by atoms with E-state index in [1.165, 1.54) is 4.88 Å². The van der Waals surface area contributed by atoms with Crippen LogP contribution in [0, 0.1) is 0 Å². The first kappa shape index (κ1) is 11.8. The molecule has 2 aromatic heterocycles. The van der Waals surface area contributed by atoms with Crippen molar-refractivity contribution in [1.29, 1.82) is 0 Å². The molecular weight excluding hydrogens is 286 g/mol. The maximum atomic E-state index is 6.19. The molecule has 0 aromatic carbocycles. The SMILES string of the molecule is CCC(N)C(c1ccc(Br)s1)n1ccnc1. The second-order valence-electron chi connectivity index (χ2n) is 3.67. The van der Waals surface area contributed by atoms with Crippen molar-refractivity contribution in [2.75, 3.05) is 0 Å². The molecule has 0 spiro atoms. The van der Waals surface area contributed by atoms with Crippen LogP contribution in [-0.2, 0) is 0 Å². The number of imidazole rings is 1. The summed E-state index contributed by atoms with van der Waals surface area (Å²) in [6.07, 6.45) is 6.53. The Bertz CT molecular complexity index is 438. The number of thiophene rings is 1. The Morgan fingerprint density at radius 2 is 2.38 bits per heavy atom. The molecule has 2 heterocycles. The predicted molar refractivity (Wildman–Crippen MR) is 70.7 cm³/mol. The molecule has 86 valence electrons. The maximum absolute atomic E-state index is 6.19. The topological polar surface area (TPSA) is 43.8 Å². The van der Waals surface area contributed by atoms with Gasteiger partial charge < -0.3 is 10.3 Å². The minimum Gasteiger partial charge on any atom is -0.328 e. The average molecular weight is 300 g/mol. The van der Waals surface area contributed by atoms with Crippen LogP contribution in [-0.4, -0.2) is 15.6 Å². The number of hydrogen-bond acceptors (Lipinski definition) is 3.